The molecule has 0 radical (unpaired) electrons. The first-order valence-corrected chi connectivity index (χ1v) is 12.7. The molecule has 36 heavy (non-hydrogen) atoms. The maximum absolute atomic E-state index is 13.1. The lowest BCUT2D eigenvalue weighted by atomic mass is 9.99. The van der Waals surface area contributed by atoms with Crippen molar-refractivity contribution in [1.29, 1.82) is 0 Å². The van der Waals surface area contributed by atoms with Gasteiger partial charge in [-0.3, -0.25) is 9.69 Å². The normalized spacial score (nSPS) is 19.0. The van der Waals surface area contributed by atoms with Crippen LogP contribution < -0.4 is 15.0 Å². The standard InChI is InChI=1S/C28H37N3O5/c1-29-13-6-8-21(19-29)20-36-25-18-26(32)31-17-16-30(15-12-23(31)27(25)28(33)35-3)14-7-10-22-9-4-5-11-24(22)34-2/h4-5,7,9-11,18,21H,6,8,12-17,19-20H2,1-3H3/b10-7+/t21-/m1/s1. The molecule has 2 aliphatic rings. The number of piperidine rings is 1. The van der Waals surface area contributed by atoms with Crippen LogP contribution in [0, 0.1) is 5.92 Å². The van der Waals surface area contributed by atoms with E-state index in [1.54, 1.807) is 11.7 Å². The Hall–Kier alpha value is -3.10. The molecule has 1 aromatic heterocycles. The van der Waals surface area contributed by atoms with Gasteiger partial charge in [0.25, 0.3) is 5.56 Å². The molecule has 4 rings (SSSR count). The minimum atomic E-state index is -0.459. The maximum atomic E-state index is 13.1. The van der Waals surface area contributed by atoms with Crippen LogP contribution >= 0.6 is 0 Å². The third-order valence-electron chi connectivity index (χ3n) is 7.07. The van der Waals surface area contributed by atoms with E-state index < -0.39 is 5.97 Å². The van der Waals surface area contributed by atoms with Gasteiger partial charge in [-0.05, 0) is 32.5 Å². The minimum absolute atomic E-state index is 0.139. The summed E-state index contributed by atoms with van der Waals surface area (Å²) in [5, 5.41) is 0. The Morgan fingerprint density at radius 1 is 1.11 bits per heavy atom. The molecule has 2 aliphatic heterocycles. The number of carbonyl (C=O) groups is 1. The molecule has 1 saturated heterocycles. The Kier molecular flexibility index (Phi) is 8.83. The molecule has 0 amide bonds. The lowest BCUT2D eigenvalue weighted by molar-refractivity contribution is 0.0590. The Balaban J connectivity index is 1.49. The van der Waals surface area contributed by atoms with Gasteiger partial charge >= 0.3 is 5.97 Å². The van der Waals surface area contributed by atoms with E-state index in [-0.39, 0.29) is 5.56 Å². The van der Waals surface area contributed by atoms with Crippen LogP contribution in [0.5, 0.6) is 11.5 Å². The highest BCUT2D eigenvalue weighted by molar-refractivity contribution is 5.93. The van der Waals surface area contributed by atoms with Crippen molar-refractivity contribution < 1.29 is 19.0 Å². The Morgan fingerprint density at radius 3 is 2.72 bits per heavy atom. The summed E-state index contributed by atoms with van der Waals surface area (Å²) < 4.78 is 18.4. The van der Waals surface area contributed by atoms with Crippen LogP contribution in [-0.2, 0) is 17.7 Å². The molecule has 2 aromatic rings. The Labute approximate surface area is 213 Å². The van der Waals surface area contributed by atoms with Gasteiger partial charge in [0.05, 0.1) is 20.8 Å². The van der Waals surface area contributed by atoms with Crippen LogP contribution in [0.4, 0.5) is 0 Å². The number of para-hydroxylation sites is 1. The van der Waals surface area contributed by atoms with Crippen molar-refractivity contribution >= 4 is 12.0 Å². The predicted molar refractivity (Wildman–Crippen MR) is 140 cm³/mol. The summed E-state index contributed by atoms with van der Waals surface area (Å²) in [6, 6.07) is 9.35. The number of carbonyl (C=O) groups excluding carboxylic acids is 1. The monoisotopic (exact) mass is 495 g/mol. The van der Waals surface area contributed by atoms with Crippen molar-refractivity contribution in [3.05, 3.63) is 63.6 Å². The van der Waals surface area contributed by atoms with Crippen LogP contribution in [0.2, 0.25) is 0 Å². The van der Waals surface area contributed by atoms with Crippen molar-refractivity contribution in [1.82, 2.24) is 14.4 Å². The molecule has 1 aromatic carbocycles. The van der Waals surface area contributed by atoms with Gasteiger partial charge in [0.1, 0.15) is 17.1 Å². The topological polar surface area (TPSA) is 73.2 Å². The molecule has 1 atom stereocenters. The summed E-state index contributed by atoms with van der Waals surface area (Å²) in [6.45, 7) is 5.19. The summed E-state index contributed by atoms with van der Waals surface area (Å²) >= 11 is 0. The van der Waals surface area contributed by atoms with Gasteiger partial charge in [-0.2, -0.15) is 0 Å². The lowest BCUT2D eigenvalue weighted by Crippen LogP contribution is -2.35. The summed E-state index contributed by atoms with van der Waals surface area (Å²) in [5.74, 6) is 1.09. The van der Waals surface area contributed by atoms with Crippen molar-refractivity contribution in [2.45, 2.75) is 25.8 Å². The zero-order chi connectivity index (χ0) is 25.5. The van der Waals surface area contributed by atoms with E-state index >= 15 is 0 Å². The molecule has 194 valence electrons. The molecule has 8 heteroatoms. The number of rotatable bonds is 8. The number of esters is 1. The number of ether oxygens (including phenoxy) is 3. The van der Waals surface area contributed by atoms with Gasteiger partial charge in [0.2, 0.25) is 0 Å². The van der Waals surface area contributed by atoms with E-state index in [1.165, 1.54) is 13.2 Å². The van der Waals surface area contributed by atoms with Crippen molar-refractivity contribution in [3.63, 3.8) is 0 Å². The zero-order valence-electron chi connectivity index (χ0n) is 21.6. The average Bonchev–Trinajstić information content (AvgIpc) is 3.10. The van der Waals surface area contributed by atoms with Crippen LogP contribution in [0.15, 0.2) is 41.2 Å². The number of hydrogen-bond donors (Lipinski definition) is 0. The van der Waals surface area contributed by atoms with E-state index in [1.807, 2.05) is 24.3 Å². The number of fused-ring (bicyclic) bond motifs is 1. The molecule has 8 nitrogen and oxygen atoms in total. The van der Waals surface area contributed by atoms with Crippen LogP contribution in [0.3, 0.4) is 0 Å². The first-order chi connectivity index (χ1) is 17.5. The molecular formula is C28H37N3O5. The molecule has 0 unspecified atom stereocenters. The highest BCUT2D eigenvalue weighted by Crippen LogP contribution is 2.26. The van der Waals surface area contributed by atoms with Crippen LogP contribution in [-0.4, -0.2) is 80.9 Å². The molecular weight excluding hydrogens is 458 g/mol. The first-order valence-electron chi connectivity index (χ1n) is 12.7. The zero-order valence-corrected chi connectivity index (χ0v) is 21.6. The molecule has 0 aliphatic carbocycles. The minimum Gasteiger partial charge on any atom is -0.496 e. The number of aromatic nitrogens is 1. The van der Waals surface area contributed by atoms with Gasteiger partial charge in [0.15, 0.2) is 0 Å². The highest BCUT2D eigenvalue weighted by Gasteiger charge is 2.27. The Bertz CT molecular complexity index is 1140. The first kappa shape index (κ1) is 26.0. The number of methoxy groups -OCH3 is 2. The highest BCUT2D eigenvalue weighted by atomic mass is 16.5. The van der Waals surface area contributed by atoms with Gasteiger partial charge < -0.3 is 23.7 Å². The van der Waals surface area contributed by atoms with E-state index in [2.05, 4.69) is 29.0 Å². The van der Waals surface area contributed by atoms with Crippen LogP contribution in [0.25, 0.3) is 6.08 Å². The maximum Gasteiger partial charge on any atom is 0.343 e. The summed E-state index contributed by atoms with van der Waals surface area (Å²) in [7, 11) is 5.15. The van der Waals surface area contributed by atoms with Crippen LogP contribution in [0.1, 0.15) is 34.5 Å². The molecule has 0 bridgehead atoms. The second-order valence-electron chi connectivity index (χ2n) is 9.59. The van der Waals surface area contributed by atoms with Gasteiger partial charge in [0, 0.05) is 62.4 Å². The molecule has 0 N–H and O–H groups in total. The summed E-state index contributed by atoms with van der Waals surface area (Å²) in [6.07, 6.45) is 6.93. The van der Waals surface area contributed by atoms with E-state index in [4.69, 9.17) is 14.2 Å². The van der Waals surface area contributed by atoms with Crippen molar-refractivity contribution in [2.24, 2.45) is 5.92 Å². The predicted octanol–water partition coefficient (Wildman–Crippen LogP) is 2.94. The quantitative estimate of drug-likeness (QED) is 0.522. The molecule has 0 spiro atoms. The molecule has 3 heterocycles. The SMILES string of the molecule is COC(=O)c1c(OC[C@@H]2CCCN(C)C2)cc(=O)n2c1CCN(C/C=C/c1ccccc1OC)CC2. The fourth-order valence-electron chi connectivity index (χ4n) is 5.16. The third kappa shape index (κ3) is 6.17. The average molecular weight is 496 g/mol. The Morgan fingerprint density at radius 2 is 1.94 bits per heavy atom. The fourth-order valence-corrected chi connectivity index (χ4v) is 5.16. The number of likely N-dealkylation sites (tertiary alicyclic amines) is 1. The smallest absolute Gasteiger partial charge is 0.343 e. The lowest BCUT2D eigenvalue weighted by Gasteiger charge is -2.29. The van der Waals surface area contributed by atoms with Crippen molar-refractivity contribution in [3.8, 4) is 11.5 Å². The number of nitrogens with zero attached hydrogens (tertiary/aromatic N) is 3. The van der Waals surface area contributed by atoms with Gasteiger partial charge in [-0.15, -0.1) is 0 Å². The third-order valence-corrected chi connectivity index (χ3v) is 7.07. The molecule has 1 fully saturated rings. The van der Waals surface area contributed by atoms with Crippen molar-refractivity contribution in [2.75, 3.05) is 60.6 Å². The number of benzene rings is 1. The number of pyridine rings is 1. The van der Waals surface area contributed by atoms with E-state index in [9.17, 15) is 9.59 Å². The second kappa shape index (κ2) is 12.2. The summed E-state index contributed by atoms with van der Waals surface area (Å²) in [5.41, 5.74) is 1.96. The largest absolute Gasteiger partial charge is 0.496 e. The number of hydrogen-bond acceptors (Lipinski definition) is 7. The fraction of sp³-hybridized carbons (Fsp3) is 0.500. The second-order valence-corrected chi connectivity index (χ2v) is 9.59. The van der Waals surface area contributed by atoms with E-state index in [0.717, 1.165) is 50.3 Å². The van der Waals surface area contributed by atoms with Gasteiger partial charge in [-0.25, -0.2) is 4.79 Å². The summed E-state index contributed by atoms with van der Waals surface area (Å²) in [4.78, 5) is 30.5. The van der Waals surface area contributed by atoms with E-state index in [0.29, 0.717) is 49.0 Å². The van der Waals surface area contributed by atoms with Gasteiger partial charge in [-0.1, -0.05) is 30.4 Å². The molecule has 0 saturated carbocycles.